The summed E-state index contributed by atoms with van der Waals surface area (Å²) >= 11 is 0. The molecule has 18 heavy (non-hydrogen) atoms. The van der Waals surface area contributed by atoms with Crippen LogP contribution in [0.2, 0.25) is 0 Å². The highest BCUT2D eigenvalue weighted by molar-refractivity contribution is 5.78. The number of nitrogens with one attached hydrogen (secondary N) is 1. The van der Waals surface area contributed by atoms with Crippen molar-refractivity contribution in [3.05, 3.63) is 47.5 Å². The molecule has 0 saturated carbocycles. The summed E-state index contributed by atoms with van der Waals surface area (Å²) in [7, 11) is 0. The minimum Gasteiger partial charge on any atom is -0.453 e. The SMILES string of the molecule is CCCc1c(C)ccc2c1Nc1ccccc1O2. The summed E-state index contributed by atoms with van der Waals surface area (Å²) in [5, 5.41) is 3.51. The van der Waals surface area contributed by atoms with Crippen molar-refractivity contribution < 1.29 is 4.74 Å². The summed E-state index contributed by atoms with van der Waals surface area (Å²) in [6, 6.07) is 12.2. The zero-order valence-electron chi connectivity index (χ0n) is 10.8. The van der Waals surface area contributed by atoms with Crippen molar-refractivity contribution in [1.82, 2.24) is 0 Å². The molecular weight excluding hydrogens is 222 g/mol. The van der Waals surface area contributed by atoms with Crippen molar-refractivity contribution in [3.63, 3.8) is 0 Å². The highest BCUT2D eigenvalue weighted by Crippen LogP contribution is 2.44. The van der Waals surface area contributed by atoms with E-state index in [1.807, 2.05) is 24.3 Å². The quantitative estimate of drug-likeness (QED) is 0.693. The van der Waals surface area contributed by atoms with E-state index in [4.69, 9.17) is 4.74 Å². The van der Waals surface area contributed by atoms with E-state index in [0.29, 0.717) is 0 Å². The van der Waals surface area contributed by atoms with Crippen LogP contribution >= 0.6 is 0 Å². The molecule has 1 aliphatic heterocycles. The second kappa shape index (κ2) is 4.37. The molecule has 0 saturated heterocycles. The monoisotopic (exact) mass is 239 g/mol. The number of aryl methyl sites for hydroxylation is 1. The normalized spacial score (nSPS) is 12.1. The molecular formula is C16H17NO. The van der Waals surface area contributed by atoms with Crippen molar-refractivity contribution in [2.75, 3.05) is 5.32 Å². The van der Waals surface area contributed by atoms with Crippen LogP contribution in [0.1, 0.15) is 24.5 Å². The van der Waals surface area contributed by atoms with Gasteiger partial charge < -0.3 is 10.1 Å². The molecule has 2 heteroatoms. The first-order valence-electron chi connectivity index (χ1n) is 6.46. The maximum absolute atomic E-state index is 5.96. The zero-order valence-corrected chi connectivity index (χ0v) is 10.8. The lowest BCUT2D eigenvalue weighted by atomic mass is 10.00. The maximum Gasteiger partial charge on any atom is 0.151 e. The van der Waals surface area contributed by atoms with Gasteiger partial charge in [-0.3, -0.25) is 0 Å². The molecule has 2 aromatic carbocycles. The predicted octanol–water partition coefficient (Wildman–Crippen LogP) is 4.80. The standard InChI is InChI=1S/C16H17NO/c1-3-6-12-11(2)9-10-15-16(12)17-13-7-4-5-8-14(13)18-15/h4-5,7-10,17H,3,6H2,1-2H3. The molecule has 92 valence electrons. The summed E-state index contributed by atoms with van der Waals surface area (Å²) in [5.74, 6) is 1.83. The van der Waals surface area contributed by atoms with Gasteiger partial charge in [0.05, 0.1) is 11.4 Å². The van der Waals surface area contributed by atoms with E-state index in [1.54, 1.807) is 0 Å². The van der Waals surface area contributed by atoms with E-state index in [0.717, 1.165) is 35.7 Å². The smallest absolute Gasteiger partial charge is 0.151 e. The Morgan fingerprint density at radius 2 is 1.89 bits per heavy atom. The molecule has 0 unspecified atom stereocenters. The maximum atomic E-state index is 5.96. The largest absolute Gasteiger partial charge is 0.453 e. The number of ether oxygens (including phenoxy) is 1. The van der Waals surface area contributed by atoms with Crippen LogP contribution in [-0.4, -0.2) is 0 Å². The molecule has 1 aliphatic rings. The fourth-order valence-electron chi connectivity index (χ4n) is 2.44. The van der Waals surface area contributed by atoms with Gasteiger partial charge in [-0.05, 0) is 42.7 Å². The summed E-state index contributed by atoms with van der Waals surface area (Å²) in [5.41, 5.74) is 4.87. The minimum absolute atomic E-state index is 0.899. The van der Waals surface area contributed by atoms with Crippen LogP contribution < -0.4 is 10.1 Å². The molecule has 2 nitrogen and oxygen atoms in total. The van der Waals surface area contributed by atoms with Crippen molar-refractivity contribution in [1.29, 1.82) is 0 Å². The van der Waals surface area contributed by atoms with E-state index in [-0.39, 0.29) is 0 Å². The van der Waals surface area contributed by atoms with Crippen LogP contribution in [0.15, 0.2) is 36.4 Å². The first kappa shape index (κ1) is 11.1. The third-order valence-electron chi connectivity index (χ3n) is 3.38. The van der Waals surface area contributed by atoms with E-state index < -0.39 is 0 Å². The molecule has 0 amide bonds. The Morgan fingerprint density at radius 1 is 1.06 bits per heavy atom. The van der Waals surface area contributed by atoms with Crippen molar-refractivity contribution in [3.8, 4) is 11.5 Å². The summed E-state index contributed by atoms with van der Waals surface area (Å²) in [4.78, 5) is 0. The Morgan fingerprint density at radius 3 is 2.72 bits per heavy atom. The van der Waals surface area contributed by atoms with Gasteiger partial charge in [-0.2, -0.15) is 0 Å². The van der Waals surface area contributed by atoms with Gasteiger partial charge >= 0.3 is 0 Å². The number of benzene rings is 2. The first-order valence-corrected chi connectivity index (χ1v) is 6.46. The molecule has 0 atom stereocenters. The van der Waals surface area contributed by atoms with Gasteiger partial charge in [-0.15, -0.1) is 0 Å². The van der Waals surface area contributed by atoms with E-state index in [2.05, 4.69) is 31.3 Å². The van der Waals surface area contributed by atoms with Crippen LogP contribution in [0.3, 0.4) is 0 Å². The van der Waals surface area contributed by atoms with Crippen LogP contribution in [0.5, 0.6) is 11.5 Å². The third kappa shape index (κ3) is 1.74. The van der Waals surface area contributed by atoms with Gasteiger partial charge in [-0.1, -0.05) is 31.5 Å². The zero-order chi connectivity index (χ0) is 12.5. The van der Waals surface area contributed by atoms with Gasteiger partial charge in [0.25, 0.3) is 0 Å². The van der Waals surface area contributed by atoms with Crippen LogP contribution in [0.25, 0.3) is 0 Å². The molecule has 1 heterocycles. The predicted molar refractivity (Wildman–Crippen MR) is 75.0 cm³/mol. The second-order valence-corrected chi connectivity index (χ2v) is 4.71. The average molecular weight is 239 g/mol. The molecule has 0 bridgehead atoms. The molecule has 0 aliphatic carbocycles. The molecule has 0 aromatic heterocycles. The van der Waals surface area contributed by atoms with Gasteiger partial charge in [0.15, 0.2) is 11.5 Å². The van der Waals surface area contributed by atoms with Crippen molar-refractivity contribution in [2.45, 2.75) is 26.7 Å². The highest BCUT2D eigenvalue weighted by Gasteiger charge is 2.19. The third-order valence-corrected chi connectivity index (χ3v) is 3.38. The van der Waals surface area contributed by atoms with Crippen LogP contribution in [0.4, 0.5) is 11.4 Å². The lowest BCUT2D eigenvalue weighted by molar-refractivity contribution is 0.480. The van der Waals surface area contributed by atoms with E-state index in [1.165, 1.54) is 11.1 Å². The van der Waals surface area contributed by atoms with Crippen LogP contribution in [-0.2, 0) is 6.42 Å². The topological polar surface area (TPSA) is 21.3 Å². The second-order valence-electron chi connectivity index (χ2n) is 4.71. The first-order chi connectivity index (χ1) is 8.79. The van der Waals surface area contributed by atoms with Crippen molar-refractivity contribution >= 4 is 11.4 Å². The van der Waals surface area contributed by atoms with Gasteiger partial charge in [-0.25, -0.2) is 0 Å². The fraction of sp³-hybridized carbons (Fsp3) is 0.250. The molecule has 0 fully saturated rings. The molecule has 1 N–H and O–H groups in total. The minimum atomic E-state index is 0.899. The number of anilines is 2. The summed E-state index contributed by atoms with van der Waals surface area (Å²) in [6.45, 7) is 4.37. The number of hydrogen-bond donors (Lipinski definition) is 1. The molecule has 2 aromatic rings. The Labute approximate surface area is 108 Å². The fourth-order valence-corrected chi connectivity index (χ4v) is 2.44. The van der Waals surface area contributed by atoms with Gasteiger partial charge in [0, 0.05) is 0 Å². The lowest BCUT2D eigenvalue weighted by Crippen LogP contribution is -2.06. The summed E-state index contributed by atoms with van der Waals surface area (Å²) < 4.78 is 5.96. The molecule has 3 rings (SSSR count). The van der Waals surface area contributed by atoms with E-state index >= 15 is 0 Å². The molecule has 0 spiro atoms. The van der Waals surface area contributed by atoms with Crippen molar-refractivity contribution in [2.24, 2.45) is 0 Å². The van der Waals surface area contributed by atoms with Gasteiger partial charge in [0.2, 0.25) is 0 Å². The number of para-hydroxylation sites is 2. The number of hydrogen-bond acceptors (Lipinski definition) is 2. The Balaban J connectivity index is 2.10. The Bertz CT molecular complexity index is 590. The van der Waals surface area contributed by atoms with Crippen LogP contribution in [0, 0.1) is 6.92 Å². The number of fused-ring (bicyclic) bond motifs is 2. The van der Waals surface area contributed by atoms with Gasteiger partial charge in [0.1, 0.15) is 0 Å². The average Bonchev–Trinajstić information content (AvgIpc) is 2.40. The lowest BCUT2D eigenvalue weighted by Gasteiger charge is -2.25. The van der Waals surface area contributed by atoms with E-state index in [9.17, 15) is 0 Å². The Hall–Kier alpha value is -1.96. The number of rotatable bonds is 2. The Kier molecular flexibility index (Phi) is 2.71. The summed E-state index contributed by atoms with van der Waals surface area (Å²) in [6.07, 6.45) is 2.22. The molecule has 0 radical (unpaired) electrons. The highest BCUT2D eigenvalue weighted by atomic mass is 16.5.